The molecule has 0 bridgehead atoms. The van der Waals surface area contributed by atoms with Gasteiger partial charge in [0, 0.05) is 25.2 Å². The van der Waals surface area contributed by atoms with Gasteiger partial charge < -0.3 is 25.4 Å². The highest BCUT2D eigenvalue weighted by Crippen LogP contribution is 2.44. The van der Waals surface area contributed by atoms with Crippen molar-refractivity contribution in [2.75, 3.05) is 26.4 Å². The van der Waals surface area contributed by atoms with Crippen LogP contribution < -0.4 is 16.0 Å². The van der Waals surface area contributed by atoms with Gasteiger partial charge in [-0.05, 0) is 28.7 Å². The molecule has 0 radical (unpaired) electrons. The summed E-state index contributed by atoms with van der Waals surface area (Å²) in [5, 5.41) is 9.10. The smallest absolute Gasteiger partial charge is 0.407 e. The molecule has 2 aromatic rings. The molecule has 1 aliphatic heterocycles. The molecule has 7 heteroatoms. The van der Waals surface area contributed by atoms with E-state index in [1.807, 2.05) is 24.3 Å². The van der Waals surface area contributed by atoms with Crippen LogP contribution in [0.1, 0.15) is 23.5 Å². The molecule has 0 spiro atoms. The van der Waals surface area contributed by atoms with Gasteiger partial charge >= 0.3 is 12.1 Å². The third-order valence-corrected chi connectivity index (χ3v) is 5.69. The molecule has 2 aliphatic rings. The van der Waals surface area contributed by atoms with Gasteiger partial charge in [-0.1, -0.05) is 61.2 Å². The van der Waals surface area contributed by atoms with E-state index in [-0.39, 0.29) is 25.2 Å². The van der Waals surface area contributed by atoms with E-state index in [9.17, 15) is 9.59 Å². The average molecular weight is 421 g/mol. The molecule has 2 atom stereocenters. The summed E-state index contributed by atoms with van der Waals surface area (Å²) in [5.41, 5.74) is 4.61. The third-order valence-electron chi connectivity index (χ3n) is 5.69. The lowest BCUT2D eigenvalue weighted by Crippen LogP contribution is -2.46. The zero-order valence-corrected chi connectivity index (χ0v) is 17.3. The molecule has 1 fully saturated rings. The second-order valence-electron chi connectivity index (χ2n) is 7.71. The fourth-order valence-electron chi connectivity index (χ4n) is 4.22. The predicted molar refractivity (Wildman–Crippen MR) is 118 cm³/mol. The van der Waals surface area contributed by atoms with E-state index in [2.05, 4.69) is 46.8 Å². The van der Waals surface area contributed by atoms with Gasteiger partial charge in [0.1, 0.15) is 19.3 Å². The van der Waals surface area contributed by atoms with Crippen molar-refractivity contribution in [1.29, 1.82) is 0 Å². The van der Waals surface area contributed by atoms with E-state index in [1.165, 1.54) is 6.08 Å². The van der Waals surface area contributed by atoms with Gasteiger partial charge in [-0.3, -0.25) is 0 Å². The van der Waals surface area contributed by atoms with Gasteiger partial charge in [0.05, 0.1) is 0 Å². The largest absolute Gasteiger partial charge is 0.460 e. The highest BCUT2D eigenvalue weighted by molar-refractivity contribution is 5.82. The number of esters is 1. The Morgan fingerprint density at radius 3 is 2.39 bits per heavy atom. The number of alkyl carbamates (subject to hydrolysis) is 1. The van der Waals surface area contributed by atoms with Gasteiger partial charge in [0.2, 0.25) is 0 Å². The number of nitrogens with one attached hydrogen (secondary N) is 3. The zero-order chi connectivity index (χ0) is 21.6. The molecular weight excluding hydrogens is 394 g/mol. The number of carbonyl (C=O) groups excluding carboxylic acids is 2. The summed E-state index contributed by atoms with van der Waals surface area (Å²) in [6.07, 6.45) is 1.28. The van der Waals surface area contributed by atoms with Crippen LogP contribution in [0, 0.1) is 0 Å². The summed E-state index contributed by atoms with van der Waals surface area (Å²) in [4.78, 5) is 25.0. The van der Waals surface area contributed by atoms with Crippen molar-refractivity contribution in [3.63, 3.8) is 0 Å². The molecule has 1 saturated heterocycles. The molecule has 2 aromatic carbocycles. The van der Waals surface area contributed by atoms with Crippen molar-refractivity contribution >= 4 is 12.1 Å². The molecule has 2 unspecified atom stereocenters. The molecule has 0 aromatic heterocycles. The van der Waals surface area contributed by atoms with Crippen LogP contribution in [0.4, 0.5) is 4.79 Å². The van der Waals surface area contributed by atoms with Crippen LogP contribution in [0.3, 0.4) is 0 Å². The fourth-order valence-corrected chi connectivity index (χ4v) is 4.22. The Bertz CT molecular complexity index is 910. The highest BCUT2D eigenvalue weighted by Gasteiger charge is 2.31. The van der Waals surface area contributed by atoms with Crippen LogP contribution in [-0.4, -0.2) is 50.6 Å². The van der Waals surface area contributed by atoms with Gasteiger partial charge in [-0.15, -0.1) is 0 Å². The maximum atomic E-state index is 12.6. The minimum atomic E-state index is -0.798. The summed E-state index contributed by atoms with van der Waals surface area (Å²) in [7, 11) is 0. The first kappa shape index (κ1) is 21.1. The Hall–Kier alpha value is -3.16. The van der Waals surface area contributed by atoms with Crippen molar-refractivity contribution in [1.82, 2.24) is 16.0 Å². The highest BCUT2D eigenvalue weighted by atomic mass is 16.6. The van der Waals surface area contributed by atoms with Crippen LogP contribution >= 0.6 is 0 Å². The number of hydrogen-bond donors (Lipinski definition) is 3. The van der Waals surface area contributed by atoms with Crippen LogP contribution in [0.25, 0.3) is 11.1 Å². The zero-order valence-electron chi connectivity index (χ0n) is 17.3. The first-order chi connectivity index (χ1) is 15.2. The Kier molecular flexibility index (Phi) is 6.64. The van der Waals surface area contributed by atoms with Crippen molar-refractivity contribution in [3.05, 3.63) is 72.3 Å². The topological polar surface area (TPSA) is 88.7 Å². The van der Waals surface area contributed by atoms with E-state index in [4.69, 9.17) is 9.47 Å². The molecule has 1 aliphatic carbocycles. The summed E-state index contributed by atoms with van der Waals surface area (Å²) in [6, 6.07) is 15.6. The molecule has 162 valence electrons. The maximum absolute atomic E-state index is 12.6. The summed E-state index contributed by atoms with van der Waals surface area (Å²) < 4.78 is 10.7. The Labute approximate surface area is 181 Å². The van der Waals surface area contributed by atoms with Gasteiger partial charge in [0.25, 0.3) is 0 Å². The van der Waals surface area contributed by atoms with Gasteiger partial charge in [0.15, 0.2) is 0 Å². The average Bonchev–Trinajstić information content (AvgIpc) is 3.41. The first-order valence-corrected chi connectivity index (χ1v) is 10.5. The first-order valence-electron chi connectivity index (χ1n) is 10.5. The van der Waals surface area contributed by atoms with Crippen LogP contribution in [0.15, 0.2) is 61.2 Å². The van der Waals surface area contributed by atoms with E-state index >= 15 is 0 Å². The van der Waals surface area contributed by atoms with Crippen molar-refractivity contribution < 1.29 is 19.1 Å². The predicted octanol–water partition coefficient (Wildman–Crippen LogP) is 2.53. The number of carbonyl (C=O) groups is 2. The maximum Gasteiger partial charge on any atom is 0.407 e. The standard InChI is InChI=1S/C24H27N3O4/c1-2-11-30-23(28)22(12-16-13-25-15-26-16)27-24(29)31-14-21-19-9-5-3-7-17(19)18-8-4-6-10-20(18)21/h2-10,16,21-22,25-26H,1,11-15H2,(H,27,29). The van der Waals surface area contributed by atoms with E-state index in [0.717, 1.165) is 28.8 Å². The van der Waals surface area contributed by atoms with Crippen molar-refractivity contribution in [2.45, 2.75) is 24.4 Å². The van der Waals surface area contributed by atoms with Crippen molar-refractivity contribution in [2.24, 2.45) is 0 Å². The normalized spacial score (nSPS) is 18.0. The number of ether oxygens (including phenoxy) is 2. The summed E-state index contributed by atoms with van der Waals surface area (Å²) >= 11 is 0. The number of rotatable bonds is 8. The number of benzene rings is 2. The number of amides is 1. The molecule has 0 saturated carbocycles. The Balaban J connectivity index is 1.41. The monoisotopic (exact) mass is 421 g/mol. The van der Waals surface area contributed by atoms with E-state index in [0.29, 0.717) is 13.1 Å². The minimum Gasteiger partial charge on any atom is -0.460 e. The summed E-state index contributed by atoms with van der Waals surface area (Å²) in [6.45, 7) is 5.23. The molecule has 3 N–H and O–H groups in total. The molecule has 31 heavy (non-hydrogen) atoms. The molecule has 1 amide bonds. The number of fused-ring (bicyclic) bond motifs is 3. The van der Waals surface area contributed by atoms with Gasteiger partial charge in [-0.2, -0.15) is 0 Å². The van der Waals surface area contributed by atoms with E-state index in [1.54, 1.807) is 0 Å². The van der Waals surface area contributed by atoms with Crippen LogP contribution in [0.5, 0.6) is 0 Å². The lowest BCUT2D eigenvalue weighted by atomic mass is 9.98. The van der Waals surface area contributed by atoms with Crippen LogP contribution in [-0.2, 0) is 14.3 Å². The second kappa shape index (κ2) is 9.76. The number of hydrogen-bond acceptors (Lipinski definition) is 6. The quantitative estimate of drug-likeness (QED) is 0.448. The molecule has 4 rings (SSSR count). The SMILES string of the molecule is C=CCOC(=O)C(CC1CNCN1)NC(=O)OCC1c2ccccc2-c2ccccc21. The lowest BCUT2D eigenvalue weighted by molar-refractivity contribution is -0.145. The second-order valence-corrected chi connectivity index (χ2v) is 7.71. The summed E-state index contributed by atoms with van der Waals surface area (Å²) in [5.74, 6) is -0.535. The molecule has 1 heterocycles. The third kappa shape index (κ3) is 4.78. The van der Waals surface area contributed by atoms with E-state index < -0.39 is 18.1 Å². The minimum absolute atomic E-state index is 0.0370. The Morgan fingerprint density at radius 2 is 1.77 bits per heavy atom. The molecular formula is C24H27N3O4. The van der Waals surface area contributed by atoms with Crippen LogP contribution in [0.2, 0.25) is 0 Å². The van der Waals surface area contributed by atoms with Crippen molar-refractivity contribution in [3.8, 4) is 11.1 Å². The Morgan fingerprint density at radius 1 is 1.10 bits per heavy atom. The lowest BCUT2D eigenvalue weighted by Gasteiger charge is -2.21. The molecule has 7 nitrogen and oxygen atoms in total. The fraction of sp³-hybridized carbons (Fsp3) is 0.333. The van der Waals surface area contributed by atoms with Gasteiger partial charge in [-0.25, -0.2) is 9.59 Å².